The van der Waals surface area contributed by atoms with Gasteiger partial charge in [0.1, 0.15) is 6.33 Å². The summed E-state index contributed by atoms with van der Waals surface area (Å²) in [6.07, 6.45) is 5.67. The van der Waals surface area contributed by atoms with Crippen LogP contribution in [-0.2, 0) is 0 Å². The highest BCUT2D eigenvalue weighted by molar-refractivity contribution is 7.98. The van der Waals surface area contributed by atoms with Crippen molar-refractivity contribution in [1.29, 1.82) is 0 Å². The molecule has 0 unspecified atom stereocenters. The number of thioether (sulfide) groups is 1. The first-order chi connectivity index (χ1) is 14.7. The molecule has 3 aromatic rings. The molecular weight excluding hydrogens is 402 g/mol. The Morgan fingerprint density at radius 1 is 1.27 bits per heavy atom. The molecule has 0 aliphatic carbocycles. The second-order valence-electron chi connectivity index (χ2n) is 6.83. The minimum absolute atomic E-state index is 0.195. The number of nitrogen functional groups attached to an aromatic ring is 1. The molecule has 10 nitrogen and oxygen atoms in total. The summed E-state index contributed by atoms with van der Waals surface area (Å²) >= 11 is 1.68. The quantitative estimate of drug-likeness (QED) is 0.417. The van der Waals surface area contributed by atoms with Gasteiger partial charge >= 0.3 is 0 Å². The van der Waals surface area contributed by atoms with Crippen LogP contribution in [0.25, 0.3) is 5.82 Å². The second kappa shape index (κ2) is 9.18. The minimum atomic E-state index is 0.195. The average molecular weight is 428 g/mol. The van der Waals surface area contributed by atoms with Gasteiger partial charge in [0.15, 0.2) is 5.82 Å². The first kappa shape index (κ1) is 20.2. The van der Waals surface area contributed by atoms with Crippen molar-refractivity contribution in [1.82, 2.24) is 30.0 Å². The van der Waals surface area contributed by atoms with Gasteiger partial charge in [-0.3, -0.25) is 0 Å². The Morgan fingerprint density at radius 3 is 2.80 bits per heavy atom. The van der Waals surface area contributed by atoms with Crippen molar-refractivity contribution in [2.45, 2.75) is 23.8 Å². The Labute approximate surface area is 179 Å². The lowest BCUT2D eigenvalue weighted by Crippen LogP contribution is -2.38. The molecule has 4 rings (SSSR count). The number of nitrogens with one attached hydrogen (secondary N) is 3. The average Bonchev–Trinajstić information content (AvgIpc) is 3.14. The van der Waals surface area contributed by atoms with Crippen molar-refractivity contribution < 1.29 is 4.74 Å². The number of piperidine rings is 1. The van der Waals surface area contributed by atoms with E-state index in [4.69, 9.17) is 10.5 Å². The minimum Gasteiger partial charge on any atom is -0.490 e. The lowest BCUT2D eigenvalue weighted by atomic mass is 10.1. The largest absolute Gasteiger partial charge is 0.490 e. The topological polar surface area (TPSA) is 128 Å². The van der Waals surface area contributed by atoms with Gasteiger partial charge in [0.25, 0.3) is 0 Å². The first-order valence-corrected chi connectivity index (χ1v) is 10.9. The number of hydrogen-bond acceptors (Lipinski definition) is 10. The standard InChI is InChI=1S/C19H25N9OS/c1-29-15-16(24-13-4-3-9-21-10-13)22-11-23-17(15)28-18(20)26-19(27-28)25-12-5-7-14(30-2)8-6-12/h5-8,11,13,21H,3-4,9-10H2,1-2H3,(H,22,23,24)(H3,20,25,26,27)/t13-/m1/s1. The van der Waals surface area contributed by atoms with Gasteiger partial charge in [-0.05, 0) is 49.9 Å². The molecule has 158 valence electrons. The number of anilines is 4. The van der Waals surface area contributed by atoms with Crippen LogP contribution in [0.15, 0.2) is 35.5 Å². The Morgan fingerprint density at radius 2 is 2.10 bits per heavy atom. The van der Waals surface area contributed by atoms with Crippen LogP contribution in [0.1, 0.15) is 12.8 Å². The van der Waals surface area contributed by atoms with Gasteiger partial charge in [-0.15, -0.1) is 16.9 Å². The van der Waals surface area contributed by atoms with Crippen LogP contribution in [0.3, 0.4) is 0 Å². The number of ether oxygens (including phenoxy) is 1. The third-order valence-corrected chi connectivity index (χ3v) is 5.55. The smallest absolute Gasteiger partial charge is 0.248 e. The molecule has 1 aliphatic heterocycles. The van der Waals surface area contributed by atoms with Crippen LogP contribution in [0.5, 0.6) is 5.75 Å². The Kier molecular flexibility index (Phi) is 6.19. The van der Waals surface area contributed by atoms with Crippen molar-refractivity contribution in [3.8, 4) is 11.6 Å². The van der Waals surface area contributed by atoms with Crippen LogP contribution < -0.4 is 26.4 Å². The lowest BCUT2D eigenvalue weighted by Gasteiger charge is -2.25. The fourth-order valence-electron chi connectivity index (χ4n) is 3.31. The fraction of sp³-hybridized carbons (Fsp3) is 0.368. The number of hydrogen-bond donors (Lipinski definition) is 4. The number of nitrogens with zero attached hydrogens (tertiary/aromatic N) is 5. The highest BCUT2D eigenvalue weighted by atomic mass is 32.2. The molecule has 1 aliphatic rings. The Balaban J connectivity index is 1.59. The zero-order valence-corrected chi connectivity index (χ0v) is 17.7. The normalized spacial score (nSPS) is 16.3. The molecule has 1 atom stereocenters. The zero-order chi connectivity index (χ0) is 20.9. The monoisotopic (exact) mass is 427 g/mol. The molecule has 0 amide bonds. The predicted octanol–water partition coefficient (Wildman–Crippen LogP) is 2.28. The van der Waals surface area contributed by atoms with E-state index < -0.39 is 0 Å². The number of benzene rings is 1. The van der Waals surface area contributed by atoms with E-state index in [2.05, 4.69) is 36.0 Å². The van der Waals surface area contributed by atoms with Gasteiger partial charge in [0.05, 0.1) is 7.11 Å². The molecular formula is C19H25N9OS. The van der Waals surface area contributed by atoms with Crippen LogP contribution in [0.4, 0.5) is 23.4 Å². The van der Waals surface area contributed by atoms with Crippen molar-refractivity contribution in [2.75, 3.05) is 42.8 Å². The van der Waals surface area contributed by atoms with Crippen LogP contribution in [-0.4, -0.2) is 57.2 Å². The maximum Gasteiger partial charge on any atom is 0.248 e. The molecule has 1 aromatic carbocycles. The zero-order valence-electron chi connectivity index (χ0n) is 16.9. The summed E-state index contributed by atoms with van der Waals surface area (Å²) in [5.41, 5.74) is 7.00. The van der Waals surface area contributed by atoms with E-state index in [1.807, 2.05) is 30.5 Å². The molecule has 5 N–H and O–H groups in total. The van der Waals surface area contributed by atoms with Gasteiger partial charge in [0, 0.05) is 23.2 Å². The molecule has 0 radical (unpaired) electrons. The van der Waals surface area contributed by atoms with Crippen molar-refractivity contribution >= 4 is 35.2 Å². The Hall–Kier alpha value is -3.05. The SMILES string of the molecule is COc1c(N[C@@H]2CCCNC2)ncnc1-n1nc(Nc2ccc(SC)cc2)nc1N. The molecule has 2 aromatic heterocycles. The molecule has 30 heavy (non-hydrogen) atoms. The van der Waals surface area contributed by atoms with Crippen LogP contribution in [0.2, 0.25) is 0 Å². The molecule has 0 bridgehead atoms. The first-order valence-electron chi connectivity index (χ1n) is 9.68. The summed E-state index contributed by atoms with van der Waals surface area (Å²) in [5.74, 6) is 2.06. The van der Waals surface area contributed by atoms with Crippen molar-refractivity contribution in [3.63, 3.8) is 0 Å². The highest BCUT2D eigenvalue weighted by Gasteiger charge is 2.21. The molecule has 0 spiro atoms. The molecule has 1 saturated heterocycles. The van der Waals surface area contributed by atoms with E-state index in [1.165, 1.54) is 15.9 Å². The number of methoxy groups -OCH3 is 1. The molecule has 3 heterocycles. The number of rotatable bonds is 7. The summed E-state index contributed by atoms with van der Waals surface area (Å²) in [5, 5.41) is 14.4. The van der Waals surface area contributed by atoms with Crippen LogP contribution in [0, 0.1) is 0 Å². The lowest BCUT2D eigenvalue weighted by molar-refractivity contribution is 0.406. The summed E-state index contributed by atoms with van der Waals surface area (Å²) in [7, 11) is 1.58. The van der Waals surface area contributed by atoms with E-state index in [1.54, 1.807) is 18.9 Å². The summed E-state index contributed by atoms with van der Waals surface area (Å²) < 4.78 is 7.05. The predicted molar refractivity (Wildman–Crippen MR) is 119 cm³/mol. The van der Waals surface area contributed by atoms with Crippen molar-refractivity contribution in [3.05, 3.63) is 30.6 Å². The fourth-order valence-corrected chi connectivity index (χ4v) is 3.72. The van der Waals surface area contributed by atoms with Gasteiger partial charge in [-0.1, -0.05) is 0 Å². The molecule has 11 heteroatoms. The van der Waals surface area contributed by atoms with Gasteiger partial charge in [0.2, 0.25) is 23.5 Å². The summed E-state index contributed by atoms with van der Waals surface area (Å²) in [6.45, 7) is 1.91. The van der Waals surface area contributed by atoms with E-state index in [-0.39, 0.29) is 12.0 Å². The number of aromatic nitrogens is 5. The third-order valence-electron chi connectivity index (χ3n) is 4.81. The Bertz CT molecular complexity index is 986. The van der Waals surface area contributed by atoms with Gasteiger partial charge < -0.3 is 26.4 Å². The van der Waals surface area contributed by atoms with E-state index in [9.17, 15) is 0 Å². The third kappa shape index (κ3) is 4.41. The van der Waals surface area contributed by atoms with Crippen LogP contribution >= 0.6 is 11.8 Å². The van der Waals surface area contributed by atoms with E-state index >= 15 is 0 Å². The summed E-state index contributed by atoms with van der Waals surface area (Å²) in [4.78, 5) is 14.2. The molecule has 0 saturated carbocycles. The van der Waals surface area contributed by atoms with E-state index in [0.29, 0.717) is 23.3 Å². The maximum absolute atomic E-state index is 6.13. The second-order valence-corrected chi connectivity index (χ2v) is 7.71. The van der Waals surface area contributed by atoms with Crippen molar-refractivity contribution in [2.24, 2.45) is 0 Å². The summed E-state index contributed by atoms with van der Waals surface area (Å²) in [6, 6.07) is 8.25. The van der Waals surface area contributed by atoms with Gasteiger partial charge in [-0.2, -0.15) is 9.67 Å². The maximum atomic E-state index is 6.13. The number of nitrogens with two attached hydrogens (primary N) is 1. The molecule has 1 fully saturated rings. The highest BCUT2D eigenvalue weighted by Crippen LogP contribution is 2.30. The van der Waals surface area contributed by atoms with E-state index in [0.717, 1.165) is 31.6 Å². The van der Waals surface area contributed by atoms with Gasteiger partial charge in [-0.25, -0.2) is 9.97 Å².